The second kappa shape index (κ2) is 9.75. The van der Waals surface area contributed by atoms with E-state index in [1.165, 1.54) is 6.92 Å². The summed E-state index contributed by atoms with van der Waals surface area (Å²) in [5.41, 5.74) is -7.09. The average Bonchev–Trinajstić information content (AvgIpc) is 2.80. The molecule has 2 aromatic carbocycles. The number of amides is 1. The normalized spacial score (nSPS) is 16.2. The minimum Gasteiger partial charge on any atom is -0.449 e. The summed E-state index contributed by atoms with van der Waals surface area (Å²) in [6.07, 6.45) is -15.2. The fraction of sp³-hybridized carbons (Fsp3) is 0.333. The fourth-order valence-corrected chi connectivity index (χ4v) is 3.84. The fourth-order valence-electron chi connectivity index (χ4n) is 3.84. The first-order valence-corrected chi connectivity index (χ1v) is 10.7. The zero-order valence-electron chi connectivity index (χ0n) is 19.1. The van der Waals surface area contributed by atoms with E-state index in [9.17, 15) is 49.1 Å². The summed E-state index contributed by atoms with van der Waals surface area (Å²) in [5.74, 6) is -1.38. The Hall–Kier alpha value is -3.51. The number of benzene rings is 2. The number of carbonyl (C=O) groups is 2. The number of rotatable bonds is 4. The number of carbonyl (C=O) groups excluding carboxylic acids is 2. The maximum Gasteiger partial charge on any atom is 0.416 e. The minimum atomic E-state index is -5.24. The summed E-state index contributed by atoms with van der Waals surface area (Å²) < 4.78 is 125. The predicted octanol–water partition coefficient (Wildman–Crippen LogP) is 7.76. The first-order valence-electron chi connectivity index (χ1n) is 10.7. The molecule has 0 unspecified atom stereocenters. The van der Waals surface area contributed by atoms with Gasteiger partial charge in [-0.2, -0.15) is 39.5 Å². The molecular weight excluding hydrogens is 521 g/mol. The van der Waals surface area contributed by atoms with Crippen molar-refractivity contribution in [2.45, 2.75) is 44.8 Å². The van der Waals surface area contributed by atoms with Crippen molar-refractivity contribution in [3.8, 4) is 0 Å². The third-order valence-corrected chi connectivity index (χ3v) is 5.54. The number of nitrogens with zero attached hydrogens (tertiary/aromatic N) is 1. The topological polar surface area (TPSA) is 46.6 Å². The van der Waals surface area contributed by atoms with Gasteiger partial charge in [0.25, 0.3) is 0 Å². The standard InChI is InChI=1S/C24H18F9NO3/c1-3-16-11-18(20(35)12-7-14(23(28,29)30)9-15(8-12)24(31,32)33)17-10-13(22(25,26)27)5-6-19(17)34(16)21(36)37-4-2/h5-11,16H,3-4H2,1-2H3/t16-/m0/s1. The molecule has 13 heteroatoms. The molecule has 0 bridgehead atoms. The van der Waals surface area contributed by atoms with Gasteiger partial charge in [0.05, 0.1) is 35.0 Å². The zero-order chi connectivity index (χ0) is 27.9. The summed E-state index contributed by atoms with van der Waals surface area (Å²) in [6.45, 7) is 2.94. The number of allylic oxidation sites excluding steroid dienone is 1. The van der Waals surface area contributed by atoms with E-state index >= 15 is 0 Å². The van der Waals surface area contributed by atoms with Gasteiger partial charge in [0.2, 0.25) is 0 Å². The van der Waals surface area contributed by atoms with Gasteiger partial charge in [0, 0.05) is 16.7 Å². The van der Waals surface area contributed by atoms with Crippen LogP contribution < -0.4 is 4.90 Å². The van der Waals surface area contributed by atoms with E-state index in [0.717, 1.165) is 17.0 Å². The number of ether oxygens (including phenoxy) is 1. The lowest BCUT2D eigenvalue weighted by Gasteiger charge is -2.35. The number of hydrogen-bond donors (Lipinski definition) is 0. The first-order chi connectivity index (χ1) is 17.0. The molecule has 0 aliphatic carbocycles. The van der Waals surface area contributed by atoms with Crippen molar-refractivity contribution in [1.29, 1.82) is 0 Å². The molecule has 0 aromatic heterocycles. The minimum absolute atomic E-state index is 0.0897. The molecule has 4 nitrogen and oxygen atoms in total. The molecule has 2 aromatic rings. The van der Waals surface area contributed by atoms with Crippen molar-refractivity contribution in [2.24, 2.45) is 0 Å². The molecular formula is C24H18F9NO3. The third kappa shape index (κ3) is 5.75. The summed E-state index contributed by atoms with van der Waals surface area (Å²) in [5, 5.41) is 0. The van der Waals surface area contributed by atoms with Crippen molar-refractivity contribution in [3.05, 3.63) is 70.3 Å². The van der Waals surface area contributed by atoms with E-state index < -0.39 is 69.8 Å². The largest absolute Gasteiger partial charge is 0.449 e. The number of hydrogen-bond acceptors (Lipinski definition) is 3. The molecule has 3 rings (SSSR count). The van der Waals surface area contributed by atoms with E-state index in [1.807, 2.05) is 0 Å². The molecule has 200 valence electrons. The van der Waals surface area contributed by atoms with Crippen LogP contribution in [0, 0.1) is 0 Å². The molecule has 1 amide bonds. The van der Waals surface area contributed by atoms with Crippen LogP contribution >= 0.6 is 0 Å². The maximum atomic E-state index is 13.4. The molecule has 37 heavy (non-hydrogen) atoms. The molecule has 1 atom stereocenters. The summed E-state index contributed by atoms with van der Waals surface area (Å²) in [7, 11) is 0. The number of ketones is 1. The van der Waals surface area contributed by atoms with Crippen LogP contribution in [0.3, 0.4) is 0 Å². The van der Waals surface area contributed by atoms with E-state index in [-0.39, 0.29) is 36.9 Å². The Morgan fingerprint density at radius 3 is 1.81 bits per heavy atom. The molecule has 0 saturated carbocycles. The van der Waals surface area contributed by atoms with Gasteiger partial charge >= 0.3 is 24.6 Å². The Morgan fingerprint density at radius 2 is 1.35 bits per heavy atom. The summed E-state index contributed by atoms with van der Waals surface area (Å²) >= 11 is 0. The lowest BCUT2D eigenvalue weighted by molar-refractivity contribution is -0.143. The van der Waals surface area contributed by atoms with Gasteiger partial charge < -0.3 is 4.74 Å². The van der Waals surface area contributed by atoms with Crippen LogP contribution in [0.5, 0.6) is 0 Å². The van der Waals surface area contributed by atoms with Crippen molar-refractivity contribution in [3.63, 3.8) is 0 Å². The molecule has 0 radical (unpaired) electrons. The number of halogens is 9. The predicted molar refractivity (Wildman–Crippen MR) is 114 cm³/mol. The summed E-state index contributed by atoms with van der Waals surface area (Å²) in [6, 6.07) is 1.28. The Bertz CT molecular complexity index is 1210. The highest BCUT2D eigenvalue weighted by Crippen LogP contribution is 2.42. The molecule has 1 heterocycles. The zero-order valence-corrected chi connectivity index (χ0v) is 19.1. The number of alkyl halides is 9. The van der Waals surface area contributed by atoms with Crippen LogP contribution in [-0.2, 0) is 23.3 Å². The monoisotopic (exact) mass is 539 g/mol. The van der Waals surface area contributed by atoms with Gasteiger partial charge in [0.1, 0.15) is 0 Å². The lowest BCUT2D eigenvalue weighted by atomic mass is 9.87. The average molecular weight is 539 g/mol. The van der Waals surface area contributed by atoms with Crippen LogP contribution in [0.25, 0.3) is 5.57 Å². The van der Waals surface area contributed by atoms with Crippen LogP contribution in [0.15, 0.2) is 42.5 Å². The Kier molecular flexibility index (Phi) is 7.39. The number of Topliss-reactive ketones (excluding diaryl/α,β-unsaturated/α-hetero) is 1. The van der Waals surface area contributed by atoms with Gasteiger partial charge in [0.15, 0.2) is 5.78 Å². The highest BCUT2D eigenvalue weighted by molar-refractivity contribution is 6.31. The Morgan fingerprint density at radius 1 is 0.811 bits per heavy atom. The van der Waals surface area contributed by atoms with Gasteiger partial charge in [-0.05, 0) is 55.8 Å². The molecule has 0 saturated heterocycles. The Balaban J connectivity index is 2.27. The first kappa shape index (κ1) is 28.1. The van der Waals surface area contributed by atoms with Gasteiger partial charge in [-0.1, -0.05) is 6.92 Å². The second-order valence-electron chi connectivity index (χ2n) is 7.98. The van der Waals surface area contributed by atoms with Gasteiger partial charge in [-0.3, -0.25) is 9.69 Å². The molecule has 1 aliphatic rings. The van der Waals surface area contributed by atoms with Crippen LogP contribution in [-0.4, -0.2) is 24.5 Å². The molecule has 0 N–H and O–H groups in total. The lowest BCUT2D eigenvalue weighted by Crippen LogP contribution is -2.42. The summed E-state index contributed by atoms with van der Waals surface area (Å²) in [4.78, 5) is 26.9. The SMILES string of the molecule is CCOC(=O)N1c2ccc(C(F)(F)F)cc2C(C(=O)c2cc(C(F)(F)F)cc(C(F)(F)F)c2)=C[C@@H]1CC. The van der Waals surface area contributed by atoms with Crippen molar-refractivity contribution < 1.29 is 53.8 Å². The van der Waals surface area contributed by atoms with E-state index in [1.54, 1.807) is 6.92 Å². The van der Waals surface area contributed by atoms with Crippen LogP contribution in [0.4, 0.5) is 50.0 Å². The number of fused-ring (bicyclic) bond motifs is 1. The van der Waals surface area contributed by atoms with Crippen molar-refractivity contribution >= 4 is 23.1 Å². The second-order valence-corrected chi connectivity index (χ2v) is 7.98. The maximum absolute atomic E-state index is 13.4. The van der Waals surface area contributed by atoms with Crippen LogP contribution in [0.1, 0.15) is 52.9 Å². The highest BCUT2D eigenvalue weighted by Gasteiger charge is 2.40. The van der Waals surface area contributed by atoms with E-state index in [0.29, 0.717) is 12.1 Å². The van der Waals surface area contributed by atoms with Crippen molar-refractivity contribution in [1.82, 2.24) is 0 Å². The highest BCUT2D eigenvalue weighted by atomic mass is 19.4. The van der Waals surface area contributed by atoms with Crippen molar-refractivity contribution in [2.75, 3.05) is 11.5 Å². The molecule has 0 fully saturated rings. The van der Waals surface area contributed by atoms with Crippen LogP contribution in [0.2, 0.25) is 0 Å². The van der Waals surface area contributed by atoms with Gasteiger partial charge in [-0.25, -0.2) is 4.79 Å². The molecule has 1 aliphatic heterocycles. The smallest absolute Gasteiger partial charge is 0.416 e. The van der Waals surface area contributed by atoms with Gasteiger partial charge in [-0.15, -0.1) is 0 Å². The molecule has 0 spiro atoms. The van der Waals surface area contributed by atoms with E-state index in [2.05, 4.69) is 0 Å². The number of anilines is 1. The Labute approximate surface area is 204 Å². The quantitative estimate of drug-likeness (QED) is 0.295. The third-order valence-electron chi connectivity index (χ3n) is 5.54. The van der Waals surface area contributed by atoms with E-state index in [4.69, 9.17) is 4.74 Å².